The van der Waals surface area contributed by atoms with Crippen molar-refractivity contribution in [1.82, 2.24) is 9.88 Å². The Kier molecular flexibility index (Phi) is 4.69. The van der Waals surface area contributed by atoms with E-state index in [2.05, 4.69) is 55.2 Å². The second kappa shape index (κ2) is 7.38. The van der Waals surface area contributed by atoms with Crippen LogP contribution in [0, 0.1) is 11.3 Å². The van der Waals surface area contributed by atoms with E-state index in [0.29, 0.717) is 5.92 Å². The number of aliphatic hydroxyl groups excluding tert-OH is 2. The lowest BCUT2D eigenvalue weighted by molar-refractivity contribution is -0.162. The number of aromatic nitrogens is 1. The van der Waals surface area contributed by atoms with E-state index in [4.69, 9.17) is 4.74 Å². The topological polar surface area (TPSA) is 65.8 Å². The predicted molar refractivity (Wildman–Crippen MR) is 141 cm³/mol. The Bertz CT molecular complexity index is 1370. The van der Waals surface area contributed by atoms with Crippen LogP contribution in [0.1, 0.15) is 51.5 Å². The van der Waals surface area contributed by atoms with Crippen molar-refractivity contribution in [2.45, 2.75) is 75.4 Å². The van der Waals surface area contributed by atoms with Gasteiger partial charge in [0.25, 0.3) is 0 Å². The van der Waals surface area contributed by atoms with E-state index in [-0.39, 0.29) is 17.1 Å². The number of pyridine rings is 1. The fraction of sp³-hybridized carbons (Fsp3) is 0.516. The van der Waals surface area contributed by atoms with Crippen LogP contribution in [0.2, 0.25) is 0 Å². The lowest BCUT2D eigenvalue weighted by Crippen LogP contribution is -2.62. The smallest absolute Gasteiger partial charge is 0.105 e. The van der Waals surface area contributed by atoms with Gasteiger partial charge >= 0.3 is 0 Å². The summed E-state index contributed by atoms with van der Waals surface area (Å²) >= 11 is 0. The standard InChI is InChI=1S/C31H36N2O3/c1-18-15-29(2)22(20-7-5-6-19-10-13-32-17-21(19)20)8-9-26(29)31-12-11-30(36-31)16-25(33(3)4)28(35)27(34)24(30)14-23(18)31/h5-8,10,13-14,17,25-28,34-35H,9,11-12,15-16H2,1-4H3/t25-,26?,27+,28+,29+,30+,31+/m0/s1. The number of rotatable bonds is 2. The molecular weight excluding hydrogens is 448 g/mol. The molecular formula is C31H36N2O3. The van der Waals surface area contributed by atoms with Crippen molar-refractivity contribution in [1.29, 1.82) is 0 Å². The van der Waals surface area contributed by atoms with Gasteiger partial charge in [-0.15, -0.1) is 0 Å². The number of nitrogens with zero attached hydrogens (tertiary/aromatic N) is 2. The number of likely N-dealkylation sites (N-methyl/N-ethyl adjacent to an activating group) is 1. The quantitative estimate of drug-likeness (QED) is 0.650. The van der Waals surface area contributed by atoms with Crippen molar-refractivity contribution in [2.24, 2.45) is 11.3 Å². The van der Waals surface area contributed by atoms with Gasteiger partial charge < -0.3 is 19.8 Å². The van der Waals surface area contributed by atoms with Gasteiger partial charge in [-0.05, 0) is 86.9 Å². The zero-order valence-corrected chi connectivity index (χ0v) is 21.7. The van der Waals surface area contributed by atoms with Crippen molar-refractivity contribution in [3.63, 3.8) is 0 Å². The third-order valence-electron chi connectivity index (χ3n) is 10.4. The molecule has 5 heteroatoms. The summed E-state index contributed by atoms with van der Waals surface area (Å²) in [6.07, 6.45) is 11.4. The first-order valence-corrected chi connectivity index (χ1v) is 13.4. The first kappa shape index (κ1) is 22.9. The molecule has 188 valence electrons. The molecule has 2 aromatic rings. The number of fused-ring (bicyclic) bond motifs is 2. The highest BCUT2D eigenvalue weighted by molar-refractivity contribution is 5.95. The average molecular weight is 485 g/mol. The Morgan fingerprint density at radius 3 is 2.78 bits per heavy atom. The Morgan fingerprint density at radius 2 is 1.97 bits per heavy atom. The number of ether oxygens (including phenoxy) is 1. The van der Waals surface area contributed by atoms with E-state index >= 15 is 0 Å². The predicted octanol–water partition coefficient (Wildman–Crippen LogP) is 4.65. The minimum atomic E-state index is -0.892. The van der Waals surface area contributed by atoms with Crippen LogP contribution in [0.25, 0.3) is 16.3 Å². The van der Waals surface area contributed by atoms with Crippen LogP contribution in [-0.2, 0) is 4.74 Å². The fourth-order valence-electron chi connectivity index (χ4n) is 8.77. The third-order valence-corrected chi connectivity index (χ3v) is 10.4. The SMILES string of the molecule is CC1=C2C=C3[C@@H](O)[C@H](O)[C@@H](N(C)C)C[C@]34CC[C@]2(O4)C2CC=C(c3cccc4ccncc34)[C@@]2(C)C1. The highest BCUT2D eigenvalue weighted by Gasteiger charge is 2.68. The van der Waals surface area contributed by atoms with Gasteiger partial charge in [-0.2, -0.15) is 0 Å². The first-order chi connectivity index (χ1) is 17.2. The summed E-state index contributed by atoms with van der Waals surface area (Å²) in [4.78, 5) is 6.49. The van der Waals surface area contributed by atoms with Gasteiger partial charge in [-0.25, -0.2) is 0 Å². The molecule has 36 heavy (non-hydrogen) atoms. The summed E-state index contributed by atoms with van der Waals surface area (Å²) in [5.74, 6) is 0.338. The van der Waals surface area contributed by atoms with Crippen molar-refractivity contribution >= 4 is 16.3 Å². The normalized spacial score (nSPS) is 41.2. The average Bonchev–Trinajstić information content (AvgIpc) is 3.36. The molecule has 1 unspecified atom stereocenters. The number of benzene rings is 1. The van der Waals surface area contributed by atoms with E-state index in [1.165, 1.54) is 33.1 Å². The van der Waals surface area contributed by atoms with Crippen LogP contribution in [0.3, 0.4) is 0 Å². The molecule has 1 aromatic carbocycles. The summed E-state index contributed by atoms with van der Waals surface area (Å²) in [7, 11) is 3.97. The molecule has 0 radical (unpaired) electrons. The Morgan fingerprint density at radius 1 is 1.14 bits per heavy atom. The molecule has 1 saturated heterocycles. The van der Waals surface area contributed by atoms with Crippen LogP contribution < -0.4 is 0 Å². The highest BCUT2D eigenvalue weighted by atomic mass is 16.5. The maximum atomic E-state index is 11.2. The Balaban J connectivity index is 1.36. The van der Waals surface area contributed by atoms with E-state index in [0.717, 1.165) is 37.7 Å². The van der Waals surface area contributed by atoms with E-state index in [1.54, 1.807) is 0 Å². The van der Waals surface area contributed by atoms with Crippen molar-refractivity contribution < 1.29 is 14.9 Å². The van der Waals surface area contributed by atoms with Crippen molar-refractivity contribution in [3.05, 3.63) is 71.1 Å². The molecule has 7 atom stereocenters. The van der Waals surface area contributed by atoms with Gasteiger partial charge in [0.1, 0.15) is 6.10 Å². The number of hydrogen-bond acceptors (Lipinski definition) is 5. The Labute approximate surface area is 213 Å². The molecule has 7 rings (SSSR count). The van der Waals surface area contributed by atoms with Gasteiger partial charge in [-0.3, -0.25) is 4.98 Å². The van der Waals surface area contributed by atoms with Gasteiger partial charge in [0.2, 0.25) is 0 Å². The Hall–Kier alpha value is -2.31. The molecule has 5 aliphatic rings. The highest BCUT2D eigenvalue weighted by Crippen LogP contribution is 2.69. The van der Waals surface area contributed by atoms with E-state index in [1.807, 2.05) is 31.4 Å². The summed E-state index contributed by atoms with van der Waals surface area (Å²) in [5.41, 5.74) is 5.33. The zero-order chi connectivity index (χ0) is 25.0. The fourth-order valence-corrected chi connectivity index (χ4v) is 8.77. The second-order valence-corrected chi connectivity index (χ2v) is 12.4. The van der Waals surface area contributed by atoms with Gasteiger partial charge in [0.05, 0.1) is 17.3 Å². The van der Waals surface area contributed by atoms with Crippen molar-refractivity contribution in [3.8, 4) is 0 Å². The minimum Gasteiger partial charge on any atom is -0.388 e. The number of hydrogen-bond donors (Lipinski definition) is 2. The molecule has 2 spiro atoms. The molecule has 3 heterocycles. The van der Waals surface area contributed by atoms with Crippen LogP contribution >= 0.6 is 0 Å². The molecule has 2 fully saturated rings. The summed E-state index contributed by atoms with van der Waals surface area (Å²) in [5, 5.41) is 24.6. The summed E-state index contributed by atoms with van der Waals surface area (Å²) in [6.45, 7) is 4.69. The monoisotopic (exact) mass is 484 g/mol. The second-order valence-electron chi connectivity index (χ2n) is 12.4. The van der Waals surface area contributed by atoms with Gasteiger partial charge in [0.15, 0.2) is 0 Å². The van der Waals surface area contributed by atoms with Crippen LogP contribution in [0.4, 0.5) is 0 Å². The minimum absolute atomic E-state index is 0.0394. The largest absolute Gasteiger partial charge is 0.388 e. The number of aliphatic hydroxyl groups is 2. The summed E-state index contributed by atoms with van der Waals surface area (Å²) in [6, 6.07) is 8.55. The van der Waals surface area contributed by atoms with E-state index < -0.39 is 17.8 Å². The zero-order valence-electron chi connectivity index (χ0n) is 21.7. The molecule has 3 aliphatic carbocycles. The lowest BCUT2D eigenvalue weighted by Gasteiger charge is -2.56. The van der Waals surface area contributed by atoms with Crippen LogP contribution in [0.15, 0.2) is 65.5 Å². The van der Waals surface area contributed by atoms with Gasteiger partial charge in [0, 0.05) is 35.2 Å². The molecule has 5 nitrogen and oxygen atoms in total. The molecule has 1 saturated carbocycles. The lowest BCUT2D eigenvalue weighted by atomic mass is 9.56. The molecule has 2 aliphatic heterocycles. The van der Waals surface area contributed by atoms with Crippen LogP contribution in [-0.4, -0.2) is 63.6 Å². The van der Waals surface area contributed by atoms with E-state index in [9.17, 15) is 10.2 Å². The molecule has 2 bridgehead atoms. The summed E-state index contributed by atoms with van der Waals surface area (Å²) < 4.78 is 7.33. The van der Waals surface area contributed by atoms with Crippen LogP contribution in [0.5, 0.6) is 0 Å². The molecule has 2 N–H and O–H groups in total. The maximum absolute atomic E-state index is 11.2. The molecule has 0 amide bonds. The third kappa shape index (κ3) is 2.72. The first-order valence-electron chi connectivity index (χ1n) is 13.4. The molecule has 1 aromatic heterocycles. The number of allylic oxidation sites excluding steroid dienone is 3. The maximum Gasteiger partial charge on any atom is 0.105 e. The van der Waals surface area contributed by atoms with Crippen molar-refractivity contribution in [2.75, 3.05) is 14.1 Å². The van der Waals surface area contributed by atoms with Gasteiger partial charge in [-0.1, -0.05) is 42.8 Å².